The first-order valence-electron chi connectivity index (χ1n) is 8.28. The molecule has 0 aliphatic heterocycles. The van der Waals surface area contributed by atoms with Crippen molar-refractivity contribution in [3.8, 4) is 0 Å². The summed E-state index contributed by atoms with van der Waals surface area (Å²) in [5.41, 5.74) is -0.547. The van der Waals surface area contributed by atoms with E-state index >= 15 is 0 Å². The van der Waals surface area contributed by atoms with Gasteiger partial charge in [-0.3, -0.25) is 9.59 Å². The van der Waals surface area contributed by atoms with Crippen molar-refractivity contribution in [3.63, 3.8) is 0 Å². The molecule has 0 radical (unpaired) electrons. The Morgan fingerprint density at radius 3 is 1.93 bits per heavy atom. The number of anilines is 2. The average molecular weight is 378 g/mol. The van der Waals surface area contributed by atoms with E-state index in [9.17, 15) is 22.8 Å². The lowest BCUT2D eigenvalue weighted by molar-refractivity contribution is -0.137. The van der Waals surface area contributed by atoms with Crippen LogP contribution < -0.4 is 10.6 Å². The number of hydrogen-bond acceptors (Lipinski definition) is 2. The molecule has 0 aliphatic carbocycles. The Balaban J connectivity index is 2.21. The molecule has 2 aromatic carbocycles. The second kappa shape index (κ2) is 7.42. The smallest absolute Gasteiger partial charge is 0.325 e. The van der Waals surface area contributed by atoms with Gasteiger partial charge in [-0.2, -0.15) is 13.2 Å². The normalized spacial score (nSPS) is 11.8. The number of aryl methyl sites for hydroxylation is 2. The van der Waals surface area contributed by atoms with E-state index in [1.54, 1.807) is 12.1 Å². The monoisotopic (exact) mass is 378 g/mol. The summed E-state index contributed by atoms with van der Waals surface area (Å²) in [7, 11) is 0. The topological polar surface area (TPSA) is 58.2 Å². The van der Waals surface area contributed by atoms with Crippen LogP contribution in [0.25, 0.3) is 0 Å². The van der Waals surface area contributed by atoms with Crippen molar-refractivity contribution in [2.75, 3.05) is 10.6 Å². The number of carbonyl (C=O) groups is 2. The van der Waals surface area contributed by atoms with Crippen LogP contribution in [0.3, 0.4) is 0 Å². The number of benzene rings is 2. The number of rotatable bonds is 4. The van der Waals surface area contributed by atoms with E-state index in [1.165, 1.54) is 26.0 Å². The number of alkyl halides is 3. The van der Waals surface area contributed by atoms with E-state index < -0.39 is 29.0 Å². The van der Waals surface area contributed by atoms with Crippen LogP contribution in [0.15, 0.2) is 42.5 Å². The van der Waals surface area contributed by atoms with Gasteiger partial charge in [0.1, 0.15) is 5.41 Å². The minimum Gasteiger partial charge on any atom is -0.325 e. The first-order valence-corrected chi connectivity index (χ1v) is 8.28. The lowest BCUT2D eigenvalue weighted by atomic mass is 9.90. The molecule has 2 rings (SSSR count). The highest BCUT2D eigenvalue weighted by Gasteiger charge is 2.39. The molecule has 0 saturated carbocycles. The number of nitrogens with one attached hydrogen (secondary N) is 2. The summed E-state index contributed by atoms with van der Waals surface area (Å²) >= 11 is 0. The maximum Gasteiger partial charge on any atom is 0.418 e. The Morgan fingerprint density at radius 2 is 1.37 bits per heavy atom. The second-order valence-electron chi connectivity index (χ2n) is 6.95. The van der Waals surface area contributed by atoms with Crippen LogP contribution in [0.2, 0.25) is 0 Å². The van der Waals surface area contributed by atoms with Gasteiger partial charge in [-0.25, -0.2) is 0 Å². The highest BCUT2D eigenvalue weighted by Crippen LogP contribution is 2.35. The van der Waals surface area contributed by atoms with Gasteiger partial charge in [0.25, 0.3) is 0 Å². The SMILES string of the molecule is Cc1cc(C)cc(NC(=O)C(C)(C)C(=O)Nc2ccccc2C(F)(F)F)c1. The predicted molar refractivity (Wildman–Crippen MR) is 98.4 cm³/mol. The molecule has 0 fully saturated rings. The Bertz CT molecular complexity index is 854. The molecule has 0 atom stereocenters. The summed E-state index contributed by atoms with van der Waals surface area (Å²) in [4.78, 5) is 25.1. The molecule has 0 bridgehead atoms. The van der Waals surface area contributed by atoms with Crippen LogP contribution in [0, 0.1) is 19.3 Å². The summed E-state index contributed by atoms with van der Waals surface area (Å²) in [5.74, 6) is -1.45. The molecule has 0 spiro atoms. The fraction of sp³-hybridized carbons (Fsp3) is 0.300. The van der Waals surface area contributed by atoms with Crippen LogP contribution in [0.1, 0.15) is 30.5 Å². The molecule has 2 N–H and O–H groups in total. The van der Waals surface area contributed by atoms with Gasteiger partial charge in [-0.05, 0) is 63.1 Å². The molecule has 7 heteroatoms. The molecule has 27 heavy (non-hydrogen) atoms. The minimum atomic E-state index is -4.62. The molecule has 4 nitrogen and oxygen atoms in total. The van der Waals surface area contributed by atoms with E-state index in [2.05, 4.69) is 10.6 Å². The largest absolute Gasteiger partial charge is 0.418 e. The molecule has 0 unspecified atom stereocenters. The Hall–Kier alpha value is -2.83. The Labute approximate surface area is 155 Å². The van der Waals surface area contributed by atoms with Crippen LogP contribution in [-0.4, -0.2) is 11.8 Å². The molecular weight excluding hydrogens is 357 g/mol. The quantitative estimate of drug-likeness (QED) is 0.742. The lowest BCUT2D eigenvalue weighted by Gasteiger charge is -2.24. The summed E-state index contributed by atoms with van der Waals surface area (Å²) < 4.78 is 39.3. The summed E-state index contributed by atoms with van der Waals surface area (Å²) in [6.07, 6.45) is -4.62. The van der Waals surface area contributed by atoms with Gasteiger partial charge in [-0.1, -0.05) is 18.2 Å². The van der Waals surface area contributed by atoms with Crippen molar-refractivity contribution in [2.45, 2.75) is 33.9 Å². The van der Waals surface area contributed by atoms with Gasteiger partial charge in [0, 0.05) is 5.69 Å². The highest BCUT2D eigenvalue weighted by molar-refractivity contribution is 6.14. The third-order valence-corrected chi connectivity index (χ3v) is 4.10. The third-order valence-electron chi connectivity index (χ3n) is 4.10. The summed E-state index contributed by atoms with van der Waals surface area (Å²) in [6.45, 7) is 6.45. The molecule has 0 heterocycles. The van der Waals surface area contributed by atoms with Crippen molar-refractivity contribution in [3.05, 3.63) is 59.2 Å². The van der Waals surface area contributed by atoms with Gasteiger partial charge in [0.2, 0.25) is 11.8 Å². The summed E-state index contributed by atoms with van der Waals surface area (Å²) in [5, 5.41) is 4.88. The van der Waals surface area contributed by atoms with Crippen LogP contribution in [0.4, 0.5) is 24.5 Å². The molecular formula is C20H21F3N2O2. The fourth-order valence-corrected chi connectivity index (χ4v) is 2.56. The average Bonchev–Trinajstić information content (AvgIpc) is 2.53. The molecule has 144 valence electrons. The zero-order valence-corrected chi connectivity index (χ0v) is 15.5. The van der Waals surface area contributed by atoms with E-state index in [1.807, 2.05) is 19.9 Å². The third kappa shape index (κ3) is 4.87. The Kier molecular flexibility index (Phi) is 5.63. The van der Waals surface area contributed by atoms with Crippen LogP contribution in [0.5, 0.6) is 0 Å². The van der Waals surface area contributed by atoms with E-state index in [0.29, 0.717) is 5.69 Å². The van der Waals surface area contributed by atoms with Crippen molar-refractivity contribution >= 4 is 23.2 Å². The van der Waals surface area contributed by atoms with Crippen LogP contribution >= 0.6 is 0 Å². The number of carbonyl (C=O) groups excluding carboxylic acids is 2. The maximum absolute atomic E-state index is 13.1. The maximum atomic E-state index is 13.1. The predicted octanol–water partition coefficient (Wildman–Crippen LogP) is 4.93. The van der Waals surface area contributed by atoms with Gasteiger partial charge >= 0.3 is 6.18 Å². The van der Waals surface area contributed by atoms with Gasteiger partial charge in [0.05, 0.1) is 11.3 Å². The number of amides is 2. The van der Waals surface area contributed by atoms with Crippen molar-refractivity contribution < 1.29 is 22.8 Å². The molecule has 2 amide bonds. The van der Waals surface area contributed by atoms with Crippen LogP contribution in [-0.2, 0) is 15.8 Å². The second-order valence-corrected chi connectivity index (χ2v) is 6.95. The van der Waals surface area contributed by atoms with Gasteiger partial charge in [-0.15, -0.1) is 0 Å². The van der Waals surface area contributed by atoms with E-state index in [0.717, 1.165) is 23.3 Å². The fourth-order valence-electron chi connectivity index (χ4n) is 2.56. The highest BCUT2D eigenvalue weighted by atomic mass is 19.4. The number of halogens is 3. The summed E-state index contributed by atoms with van der Waals surface area (Å²) in [6, 6.07) is 10.1. The van der Waals surface area contributed by atoms with Gasteiger partial charge in [0.15, 0.2) is 0 Å². The molecule has 2 aromatic rings. The molecule has 0 aliphatic rings. The van der Waals surface area contributed by atoms with E-state index in [4.69, 9.17) is 0 Å². The van der Waals surface area contributed by atoms with Crippen molar-refractivity contribution in [1.29, 1.82) is 0 Å². The van der Waals surface area contributed by atoms with Gasteiger partial charge < -0.3 is 10.6 Å². The zero-order valence-electron chi connectivity index (χ0n) is 15.5. The lowest BCUT2D eigenvalue weighted by Crippen LogP contribution is -2.42. The van der Waals surface area contributed by atoms with Crippen molar-refractivity contribution in [2.24, 2.45) is 5.41 Å². The number of para-hydroxylation sites is 1. The first-order chi connectivity index (χ1) is 12.4. The standard InChI is InChI=1S/C20H21F3N2O2/c1-12-9-13(2)11-14(10-12)24-17(26)19(3,4)18(27)25-16-8-6-5-7-15(16)20(21,22)23/h5-11H,1-4H3,(H,24,26)(H,25,27). The first kappa shape index (κ1) is 20.5. The van der Waals surface area contributed by atoms with Crippen molar-refractivity contribution in [1.82, 2.24) is 0 Å². The zero-order chi connectivity index (χ0) is 20.4. The van der Waals surface area contributed by atoms with E-state index in [-0.39, 0.29) is 5.69 Å². The molecule has 0 aromatic heterocycles. The molecule has 0 saturated heterocycles. The minimum absolute atomic E-state index is 0.387. The Morgan fingerprint density at radius 1 is 0.852 bits per heavy atom. The number of hydrogen-bond donors (Lipinski definition) is 2.